The maximum Gasteiger partial charge on any atom is 0.260 e. The van der Waals surface area contributed by atoms with Crippen molar-refractivity contribution in [3.8, 4) is 0 Å². The zero-order chi connectivity index (χ0) is 17.6. The van der Waals surface area contributed by atoms with Crippen LogP contribution in [0.15, 0.2) is 73.3 Å². The molecule has 2 aromatic carbocycles. The second kappa shape index (κ2) is 7.90. The van der Waals surface area contributed by atoms with Crippen LogP contribution in [0.3, 0.4) is 0 Å². The van der Waals surface area contributed by atoms with Crippen LogP contribution < -0.4 is 0 Å². The zero-order valence-corrected chi connectivity index (χ0v) is 14.2. The minimum atomic E-state index is -0.348. The Morgan fingerprint density at radius 1 is 1.04 bits per heavy atom. The van der Waals surface area contributed by atoms with Crippen molar-refractivity contribution >= 4 is 11.8 Å². The highest BCUT2D eigenvalue weighted by Crippen LogP contribution is 2.20. The summed E-state index contributed by atoms with van der Waals surface area (Å²) in [6.07, 6.45) is 2.28. The van der Waals surface area contributed by atoms with Gasteiger partial charge in [-0.1, -0.05) is 54.6 Å². The summed E-state index contributed by atoms with van der Waals surface area (Å²) in [6.45, 7) is 5.54. The molecule has 0 bridgehead atoms. The molecule has 0 aromatic heterocycles. The minimum absolute atomic E-state index is 0.143. The summed E-state index contributed by atoms with van der Waals surface area (Å²) in [6, 6.07) is 18.7. The first kappa shape index (κ1) is 17.1. The van der Waals surface area contributed by atoms with E-state index in [1.54, 1.807) is 18.2 Å². The third kappa shape index (κ3) is 3.86. The maximum absolute atomic E-state index is 12.9. The van der Waals surface area contributed by atoms with Crippen LogP contribution in [0.25, 0.3) is 0 Å². The largest absolute Gasteiger partial charge is 0.286 e. The smallest absolute Gasteiger partial charge is 0.260 e. The van der Waals surface area contributed by atoms with E-state index in [0.29, 0.717) is 31.6 Å². The summed E-state index contributed by atoms with van der Waals surface area (Å²) in [7, 11) is 0. The van der Waals surface area contributed by atoms with Gasteiger partial charge >= 0.3 is 0 Å². The molecule has 0 aliphatic carbocycles. The van der Waals surface area contributed by atoms with Crippen LogP contribution >= 0.6 is 0 Å². The fourth-order valence-electron chi connectivity index (χ4n) is 3.18. The molecule has 4 heteroatoms. The Morgan fingerprint density at radius 2 is 1.68 bits per heavy atom. The molecule has 128 valence electrons. The molecular formula is C21H22N2O2. The first-order valence-corrected chi connectivity index (χ1v) is 8.50. The standard InChI is InChI=1S/C21H22N2O2/c1-2-9-19-21(25)23(20(24)18-12-7-4-8-13-18)15-14-22(19)16-17-10-5-3-6-11-17/h2-8,10-13,19H,1,9,14-16H2/t19-/m0/s1. The van der Waals surface area contributed by atoms with E-state index in [1.807, 2.05) is 36.4 Å². The minimum Gasteiger partial charge on any atom is -0.286 e. The van der Waals surface area contributed by atoms with E-state index in [0.717, 1.165) is 5.56 Å². The topological polar surface area (TPSA) is 40.6 Å². The van der Waals surface area contributed by atoms with Gasteiger partial charge in [0.1, 0.15) is 0 Å². The van der Waals surface area contributed by atoms with Crippen molar-refractivity contribution in [3.63, 3.8) is 0 Å². The molecule has 0 spiro atoms. The Bertz CT molecular complexity index is 743. The predicted octanol–water partition coefficient (Wildman–Crippen LogP) is 3.12. The van der Waals surface area contributed by atoms with Crippen LogP contribution in [-0.4, -0.2) is 40.7 Å². The van der Waals surface area contributed by atoms with Crippen molar-refractivity contribution in [2.24, 2.45) is 0 Å². The second-order valence-electron chi connectivity index (χ2n) is 6.16. The van der Waals surface area contributed by atoms with Gasteiger partial charge < -0.3 is 0 Å². The van der Waals surface area contributed by atoms with Gasteiger partial charge in [0, 0.05) is 25.2 Å². The lowest BCUT2D eigenvalue weighted by atomic mass is 10.0. The number of carbonyl (C=O) groups excluding carboxylic acids is 2. The molecule has 3 rings (SSSR count). The number of nitrogens with zero attached hydrogens (tertiary/aromatic N) is 2. The Kier molecular flexibility index (Phi) is 5.41. The normalized spacial score (nSPS) is 18.2. The van der Waals surface area contributed by atoms with Gasteiger partial charge in [-0.05, 0) is 24.1 Å². The van der Waals surface area contributed by atoms with E-state index in [2.05, 4.69) is 23.6 Å². The van der Waals surface area contributed by atoms with Gasteiger partial charge in [-0.3, -0.25) is 19.4 Å². The summed E-state index contributed by atoms with van der Waals surface area (Å²) in [5.74, 6) is -0.366. The van der Waals surface area contributed by atoms with Crippen molar-refractivity contribution in [1.82, 2.24) is 9.80 Å². The van der Waals surface area contributed by atoms with E-state index in [4.69, 9.17) is 0 Å². The van der Waals surface area contributed by atoms with E-state index in [-0.39, 0.29) is 17.9 Å². The molecule has 2 amide bonds. The van der Waals surface area contributed by atoms with Crippen molar-refractivity contribution in [1.29, 1.82) is 0 Å². The number of hydrogen-bond acceptors (Lipinski definition) is 3. The molecule has 1 heterocycles. The van der Waals surface area contributed by atoms with Gasteiger partial charge in [0.05, 0.1) is 6.04 Å². The molecule has 0 unspecified atom stereocenters. The van der Waals surface area contributed by atoms with Gasteiger partial charge in [0.2, 0.25) is 5.91 Å². The molecule has 1 saturated heterocycles. The average molecular weight is 334 g/mol. The van der Waals surface area contributed by atoms with Gasteiger partial charge in [-0.25, -0.2) is 0 Å². The summed E-state index contributed by atoms with van der Waals surface area (Å²) in [4.78, 5) is 29.1. The summed E-state index contributed by atoms with van der Waals surface area (Å²) < 4.78 is 0. The number of piperazine rings is 1. The molecule has 1 fully saturated rings. The third-order valence-electron chi connectivity index (χ3n) is 4.49. The Labute approximate surface area is 148 Å². The lowest BCUT2D eigenvalue weighted by Gasteiger charge is -2.39. The molecule has 25 heavy (non-hydrogen) atoms. The number of imide groups is 1. The van der Waals surface area contributed by atoms with E-state index in [9.17, 15) is 9.59 Å². The van der Waals surface area contributed by atoms with E-state index < -0.39 is 0 Å². The average Bonchev–Trinajstić information content (AvgIpc) is 2.66. The zero-order valence-electron chi connectivity index (χ0n) is 14.2. The molecular weight excluding hydrogens is 312 g/mol. The summed E-state index contributed by atoms with van der Waals surface area (Å²) in [5, 5.41) is 0. The number of rotatable bonds is 5. The van der Waals surface area contributed by atoms with E-state index in [1.165, 1.54) is 4.90 Å². The molecule has 1 aliphatic heterocycles. The monoisotopic (exact) mass is 334 g/mol. The van der Waals surface area contributed by atoms with Crippen molar-refractivity contribution < 1.29 is 9.59 Å². The summed E-state index contributed by atoms with van der Waals surface area (Å²) >= 11 is 0. The number of amides is 2. The summed E-state index contributed by atoms with van der Waals surface area (Å²) in [5.41, 5.74) is 1.71. The van der Waals surface area contributed by atoms with Crippen LogP contribution in [0.1, 0.15) is 22.3 Å². The molecule has 1 atom stereocenters. The first-order valence-electron chi connectivity index (χ1n) is 8.50. The van der Waals surface area contributed by atoms with Crippen molar-refractivity contribution in [2.45, 2.75) is 19.0 Å². The number of carbonyl (C=O) groups is 2. The quantitative estimate of drug-likeness (QED) is 0.623. The van der Waals surface area contributed by atoms with Crippen LogP contribution in [0.2, 0.25) is 0 Å². The molecule has 2 aromatic rings. The first-order chi connectivity index (χ1) is 12.2. The highest BCUT2D eigenvalue weighted by Gasteiger charge is 2.37. The van der Waals surface area contributed by atoms with E-state index >= 15 is 0 Å². The maximum atomic E-state index is 12.9. The van der Waals surface area contributed by atoms with Crippen LogP contribution in [0, 0.1) is 0 Å². The van der Waals surface area contributed by atoms with Gasteiger partial charge in [0.15, 0.2) is 0 Å². The fraction of sp³-hybridized carbons (Fsp3) is 0.238. The number of hydrogen-bond donors (Lipinski definition) is 0. The molecule has 0 radical (unpaired) electrons. The molecule has 0 saturated carbocycles. The van der Waals surface area contributed by atoms with Crippen LogP contribution in [0.4, 0.5) is 0 Å². The van der Waals surface area contributed by atoms with Crippen molar-refractivity contribution in [2.75, 3.05) is 13.1 Å². The Morgan fingerprint density at radius 3 is 2.32 bits per heavy atom. The second-order valence-corrected chi connectivity index (χ2v) is 6.16. The van der Waals surface area contributed by atoms with Crippen LogP contribution in [0.5, 0.6) is 0 Å². The lowest BCUT2D eigenvalue weighted by Crippen LogP contribution is -2.58. The predicted molar refractivity (Wildman–Crippen MR) is 97.9 cm³/mol. The third-order valence-corrected chi connectivity index (χ3v) is 4.49. The molecule has 1 aliphatic rings. The highest BCUT2D eigenvalue weighted by atomic mass is 16.2. The molecule has 0 N–H and O–H groups in total. The fourth-order valence-corrected chi connectivity index (χ4v) is 3.18. The highest BCUT2D eigenvalue weighted by molar-refractivity contribution is 6.06. The lowest BCUT2D eigenvalue weighted by molar-refractivity contribution is -0.138. The van der Waals surface area contributed by atoms with Gasteiger partial charge in [0.25, 0.3) is 5.91 Å². The van der Waals surface area contributed by atoms with Gasteiger partial charge in [-0.15, -0.1) is 6.58 Å². The van der Waals surface area contributed by atoms with Gasteiger partial charge in [-0.2, -0.15) is 0 Å². The SMILES string of the molecule is C=CC[C@H]1C(=O)N(C(=O)c2ccccc2)CCN1Cc1ccccc1. The Balaban J connectivity index is 1.77. The van der Waals surface area contributed by atoms with Crippen molar-refractivity contribution in [3.05, 3.63) is 84.4 Å². The Hall–Kier alpha value is -2.72. The van der Waals surface area contributed by atoms with Crippen LogP contribution in [-0.2, 0) is 11.3 Å². The number of benzene rings is 2. The molecule has 4 nitrogen and oxygen atoms in total.